The monoisotopic (exact) mass is 339 g/mol. The van der Waals surface area contributed by atoms with Crippen LogP contribution in [0.2, 0.25) is 0 Å². The molecule has 1 rings (SSSR count). The molecule has 0 heterocycles. The molecule has 1 aromatic carbocycles. The van der Waals surface area contributed by atoms with E-state index in [0.29, 0.717) is 12.4 Å². The van der Waals surface area contributed by atoms with Gasteiger partial charge in [0.05, 0.1) is 13.0 Å². The molecule has 134 valence electrons. The lowest BCUT2D eigenvalue weighted by molar-refractivity contribution is -0.155. The van der Waals surface area contributed by atoms with Crippen LogP contribution in [0.4, 0.5) is 0 Å². The third kappa shape index (κ3) is 6.87. The number of ether oxygens (including phenoxy) is 3. The average molecular weight is 339 g/mol. The molecule has 0 radical (unpaired) electrons. The zero-order valence-corrected chi connectivity index (χ0v) is 14.5. The molecule has 0 aliphatic heterocycles. The molecule has 1 atom stereocenters. The lowest BCUT2D eigenvalue weighted by atomic mass is 10.2. The highest BCUT2D eigenvalue weighted by Crippen LogP contribution is 2.26. The second kappa shape index (κ2) is 8.54. The van der Waals surface area contributed by atoms with Crippen molar-refractivity contribution in [3.63, 3.8) is 0 Å². The van der Waals surface area contributed by atoms with E-state index in [0.717, 1.165) is 0 Å². The molecule has 0 aliphatic rings. The van der Waals surface area contributed by atoms with Crippen molar-refractivity contribution in [1.29, 1.82) is 0 Å². The van der Waals surface area contributed by atoms with E-state index in [1.807, 2.05) is 6.92 Å². The fraction of sp³-hybridized carbons (Fsp3) is 0.529. The van der Waals surface area contributed by atoms with Gasteiger partial charge in [-0.2, -0.15) is 0 Å². The van der Waals surface area contributed by atoms with Crippen LogP contribution in [-0.4, -0.2) is 35.5 Å². The Balaban J connectivity index is 2.71. The van der Waals surface area contributed by atoms with E-state index in [1.54, 1.807) is 26.8 Å². The number of rotatable bonds is 8. The Kier molecular flexibility index (Phi) is 7.03. The van der Waals surface area contributed by atoms with Crippen molar-refractivity contribution in [3.05, 3.63) is 23.8 Å². The van der Waals surface area contributed by atoms with Gasteiger partial charge in [-0.3, -0.25) is 10.5 Å². The van der Waals surface area contributed by atoms with Gasteiger partial charge in [-0.1, -0.05) is 0 Å². The highest BCUT2D eigenvalue weighted by Gasteiger charge is 2.19. The Labute approximate surface area is 141 Å². The molecule has 7 heteroatoms. The minimum atomic E-state index is -1.13. The Morgan fingerprint density at radius 3 is 2.50 bits per heavy atom. The van der Waals surface area contributed by atoms with Crippen molar-refractivity contribution in [2.45, 2.75) is 52.4 Å². The number of aromatic carboxylic acids is 1. The number of esters is 1. The first kappa shape index (κ1) is 19.8. The summed E-state index contributed by atoms with van der Waals surface area (Å²) in [4.78, 5) is 22.9. The first-order valence-electron chi connectivity index (χ1n) is 7.76. The summed E-state index contributed by atoms with van der Waals surface area (Å²) >= 11 is 0. The predicted octanol–water partition coefficient (Wildman–Crippen LogP) is 2.57. The second-order valence-electron chi connectivity index (χ2n) is 6.18. The van der Waals surface area contributed by atoms with Crippen molar-refractivity contribution in [1.82, 2.24) is 0 Å². The van der Waals surface area contributed by atoms with Crippen molar-refractivity contribution >= 4 is 11.9 Å². The van der Waals surface area contributed by atoms with Gasteiger partial charge in [-0.25, -0.2) is 4.79 Å². The summed E-state index contributed by atoms with van der Waals surface area (Å²) in [6, 6.07) is 4.41. The van der Waals surface area contributed by atoms with E-state index in [9.17, 15) is 14.7 Å². The molecule has 1 aromatic rings. The second-order valence-corrected chi connectivity index (χ2v) is 6.18. The Bertz CT molecular complexity index is 579. The highest BCUT2D eigenvalue weighted by molar-refractivity contribution is 5.91. The van der Waals surface area contributed by atoms with Gasteiger partial charge < -0.3 is 19.3 Å². The fourth-order valence-corrected chi connectivity index (χ4v) is 1.91. The summed E-state index contributed by atoms with van der Waals surface area (Å²) in [6.07, 6.45) is -0.564. The number of benzene rings is 1. The molecule has 0 fully saturated rings. The maximum atomic E-state index is 11.7. The first-order chi connectivity index (χ1) is 11.1. The summed E-state index contributed by atoms with van der Waals surface area (Å²) < 4.78 is 16.0. The summed E-state index contributed by atoms with van der Waals surface area (Å²) in [6.45, 7) is 7.59. The molecule has 0 amide bonds. The lowest BCUT2D eigenvalue weighted by Gasteiger charge is -2.21. The SMILES string of the molecule is CCOc1ccc(C(=O)O)c(OC(N)CCC(=O)OC(C)(C)C)c1. The molecule has 7 nitrogen and oxygen atoms in total. The zero-order chi connectivity index (χ0) is 18.3. The van der Waals surface area contributed by atoms with Gasteiger partial charge in [0.25, 0.3) is 0 Å². The standard InChI is InChI=1S/C17H25NO6/c1-5-22-11-6-7-12(16(20)21)13(10-11)23-14(18)8-9-15(19)24-17(2,3)4/h6-7,10,14H,5,8-9,18H2,1-4H3,(H,20,21). The lowest BCUT2D eigenvalue weighted by Crippen LogP contribution is -2.30. The highest BCUT2D eigenvalue weighted by atomic mass is 16.6. The van der Waals surface area contributed by atoms with E-state index in [1.165, 1.54) is 12.1 Å². The average Bonchev–Trinajstić information content (AvgIpc) is 2.43. The molecule has 1 unspecified atom stereocenters. The van der Waals surface area contributed by atoms with Crippen molar-refractivity contribution in [3.8, 4) is 11.5 Å². The van der Waals surface area contributed by atoms with Crippen LogP contribution in [0.3, 0.4) is 0 Å². The van der Waals surface area contributed by atoms with Gasteiger partial charge in [-0.05, 0) is 39.8 Å². The van der Waals surface area contributed by atoms with E-state index in [-0.39, 0.29) is 30.1 Å². The molecule has 0 saturated carbocycles. The van der Waals surface area contributed by atoms with Crippen LogP contribution >= 0.6 is 0 Å². The van der Waals surface area contributed by atoms with Gasteiger partial charge in [-0.15, -0.1) is 0 Å². The summed E-state index contributed by atoms with van der Waals surface area (Å²) in [5, 5.41) is 9.21. The number of hydrogen-bond acceptors (Lipinski definition) is 6. The van der Waals surface area contributed by atoms with E-state index in [4.69, 9.17) is 19.9 Å². The molecule has 0 aromatic heterocycles. The molecule has 0 spiro atoms. The number of carboxylic acids is 1. The van der Waals surface area contributed by atoms with E-state index in [2.05, 4.69) is 0 Å². The minimum Gasteiger partial charge on any atom is -0.494 e. The van der Waals surface area contributed by atoms with Crippen LogP contribution in [0.1, 0.15) is 50.9 Å². The third-order valence-electron chi connectivity index (χ3n) is 2.83. The Hall–Kier alpha value is -2.28. The predicted molar refractivity (Wildman–Crippen MR) is 88.3 cm³/mol. The number of carbonyl (C=O) groups excluding carboxylic acids is 1. The number of carbonyl (C=O) groups is 2. The van der Waals surface area contributed by atoms with Crippen molar-refractivity contribution < 1.29 is 28.9 Å². The summed E-state index contributed by atoms with van der Waals surface area (Å²) in [5.41, 5.74) is 5.26. The normalized spacial score (nSPS) is 12.4. The smallest absolute Gasteiger partial charge is 0.339 e. The minimum absolute atomic E-state index is 0.0221. The van der Waals surface area contributed by atoms with E-state index >= 15 is 0 Å². The number of hydrogen-bond donors (Lipinski definition) is 2. The maximum Gasteiger partial charge on any atom is 0.339 e. The molecular weight excluding hydrogens is 314 g/mol. The molecule has 0 bridgehead atoms. The molecule has 0 saturated heterocycles. The van der Waals surface area contributed by atoms with E-state index < -0.39 is 17.8 Å². The molecular formula is C17H25NO6. The molecule has 0 aliphatic carbocycles. The van der Waals surface area contributed by atoms with Crippen LogP contribution in [0.5, 0.6) is 11.5 Å². The van der Waals surface area contributed by atoms with Crippen molar-refractivity contribution in [2.75, 3.05) is 6.61 Å². The Morgan fingerprint density at radius 2 is 1.96 bits per heavy atom. The van der Waals surface area contributed by atoms with Crippen LogP contribution in [-0.2, 0) is 9.53 Å². The number of nitrogens with two attached hydrogens (primary N) is 1. The van der Waals surface area contributed by atoms with Crippen LogP contribution in [0.15, 0.2) is 18.2 Å². The number of carboxylic acid groups (broad SMARTS) is 1. The van der Waals surface area contributed by atoms with Crippen molar-refractivity contribution in [2.24, 2.45) is 5.73 Å². The molecule has 3 N–H and O–H groups in total. The topological polar surface area (TPSA) is 108 Å². The summed E-state index contributed by atoms with van der Waals surface area (Å²) in [7, 11) is 0. The summed E-state index contributed by atoms with van der Waals surface area (Å²) in [5.74, 6) is -0.933. The fourth-order valence-electron chi connectivity index (χ4n) is 1.91. The van der Waals surface area contributed by atoms with Gasteiger partial charge in [0.2, 0.25) is 0 Å². The zero-order valence-electron chi connectivity index (χ0n) is 14.5. The van der Waals surface area contributed by atoms with Gasteiger partial charge in [0.1, 0.15) is 28.9 Å². The maximum absolute atomic E-state index is 11.7. The quantitative estimate of drug-likeness (QED) is 0.553. The van der Waals surface area contributed by atoms with Crippen LogP contribution in [0.25, 0.3) is 0 Å². The van der Waals surface area contributed by atoms with Gasteiger partial charge in [0, 0.05) is 12.5 Å². The first-order valence-corrected chi connectivity index (χ1v) is 7.76. The van der Waals surface area contributed by atoms with Crippen LogP contribution in [0, 0.1) is 0 Å². The largest absolute Gasteiger partial charge is 0.494 e. The Morgan fingerprint density at radius 1 is 1.29 bits per heavy atom. The van der Waals surface area contributed by atoms with Crippen LogP contribution < -0.4 is 15.2 Å². The third-order valence-corrected chi connectivity index (χ3v) is 2.83. The molecule has 24 heavy (non-hydrogen) atoms. The van der Waals surface area contributed by atoms with Gasteiger partial charge in [0.15, 0.2) is 0 Å². The van der Waals surface area contributed by atoms with Gasteiger partial charge >= 0.3 is 11.9 Å².